The van der Waals surface area contributed by atoms with Crippen LogP contribution in [0.15, 0.2) is 121 Å². The van der Waals surface area contributed by atoms with E-state index in [9.17, 15) is 0 Å². The van der Waals surface area contributed by atoms with Gasteiger partial charge in [0.2, 0.25) is 5.78 Å². The van der Waals surface area contributed by atoms with Crippen LogP contribution >= 0.6 is 0 Å². The number of hydrogen-bond donors (Lipinski definition) is 0. The van der Waals surface area contributed by atoms with Crippen LogP contribution in [-0.4, -0.2) is 22.0 Å². The maximum Gasteiger partial charge on any atom is 0.220 e. The lowest BCUT2D eigenvalue weighted by atomic mass is 9.78. The van der Waals surface area contributed by atoms with Gasteiger partial charge < -0.3 is 4.74 Å². The van der Waals surface area contributed by atoms with Gasteiger partial charge in [0.1, 0.15) is 11.5 Å². The second-order valence-corrected chi connectivity index (χ2v) is 21.6. The number of ether oxygens (including phenoxy) is 1. The Kier molecular flexibility index (Phi) is 5.94. The van der Waals surface area contributed by atoms with Gasteiger partial charge in [0.15, 0.2) is 0 Å². The number of aryl methyl sites for hydroxylation is 2. The van der Waals surface area contributed by atoms with Crippen molar-refractivity contribution in [3.63, 3.8) is 0 Å². The molecule has 53 heavy (non-hydrogen) atoms. The van der Waals surface area contributed by atoms with E-state index in [1.54, 1.807) is 18.2 Å². The Bertz CT molecular complexity index is 3000. The average molecular weight is 716 g/mol. The molecule has 0 radical (unpaired) electrons. The number of nitrogens with zero attached hydrogens (tertiary/aromatic N) is 3. The van der Waals surface area contributed by atoms with Crippen molar-refractivity contribution in [3.8, 4) is 39.4 Å². The molecule has 0 aliphatic carbocycles. The van der Waals surface area contributed by atoms with Crippen LogP contribution in [0.3, 0.4) is 0 Å². The summed E-state index contributed by atoms with van der Waals surface area (Å²) < 4.78 is 63.9. The van der Waals surface area contributed by atoms with Crippen LogP contribution in [-0.2, 0) is 10.5 Å². The minimum atomic E-state index is -2.56. The summed E-state index contributed by atoms with van der Waals surface area (Å²) in [6.07, 6.45) is 0. The molecular formula is C48H47N3OSi. The highest BCUT2D eigenvalue weighted by Gasteiger charge is 2.48. The van der Waals surface area contributed by atoms with Crippen LogP contribution in [0.4, 0.5) is 0 Å². The number of imidazole rings is 2. The van der Waals surface area contributed by atoms with E-state index in [2.05, 4.69) is 76.4 Å². The van der Waals surface area contributed by atoms with Crippen molar-refractivity contribution in [1.82, 2.24) is 14.0 Å². The Hall–Kier alpha value is -5.39. The second-order valence-electron chi connectivity index (χ2n) is 16.5. The number of para-hydroxylation sites is 5. The molecule has 0 fully saturated rings. The van der Waals surface area contributed by atoms with Crippen molar-refractivity contribution in [2.45, 2.75) is 71.9 Å². The molecule has 9 rings (SSSR count). The average Bonchev–Trinajstić information content (AvgIpc) is 3.69. The van der Waals surface area contributed by atoms with Crippen molar-refractivity contribution in [3.05, 3.63) is 144 Å². The molecule has 5 heteroatoms. The van der Waals surface area contributed by atoms with E-state index < -0.39 is 21.8 Å². The van der Waals surface area contributed by atoms with Crippen molar-refractivity contribution < 1.29 is 13.0 Å². The SMILES string of the molecule is [2H]C([2H])([2H])c1ccc(-c2c(C(C)(C)C)ccc3c2Oc2ccccc2[Si](C)(C)C3(C)C)cc1-c1cc(-n2c3ccccc3n3c4ccccc4nc23)ccc1C([2H])([2H])[2H]. The summed E-state index contributed by atoms with van der Waals surface area (Å²) in [5, 5.41) is 0.978. The zero-order chi connectivity index (χ0) is 42.0. The number of rotatable bonds is 3. The van der Waals surface area contributed by atoms with Crippen LogP contribution in [0, 0.1) is 13.7 Å². The van der Waals surface area contributed by atoms with Crippen LogP contribution in [0.2, 0.25) is 13.1 Å². The summed E-state index contributed by atoms with van der Waals surface area (Å²) in [5.41, 5.74) is 8.46. The lowest BCUT2D eigenvalue weighted by Crippen LogP contribution is -2.56. The van der Waals surface area contributed by atoms with Crippen molar-refractivity contribution in [2.75, 3.05) is 0 Å². The van der Waals surface area contributed by atoms with Gasteiger partial charge in [-0.3, -0.25) is 8.97 Å². The predicted molar refractivity (Wildman–Crippen MR) is 225 cm³/mol. The quantitative estimate of drug-likeness (QED) is 0.171. The molecule has 1 aliphatic rings. The molecule has 1 aliphatic heterocycles. The first-order valence-corrected chi connectivity index (χ1v) is 21.3. The van der Waals surface area contributed by atoms with E-state index >= 15 is 0 Å². The zero-order valence-electron chi connectivity index (χ0n) is 37.3. The molecule has 0 amide bonds. The predicted octanol–water partition coefficient (Wildman–Crippen LogP) is 12.2. The number of aromatic nitrogens is 3. The summed E-state index contributed by atoms with van der Waals surface area (Å²) >= 11 is 0. The smallest absolute Gasteiger partial charge is 0.220 e. The molecule has 2 aromatic heterocycles. The first-order chi connectivity index (χ1) is 27.7. The van der Waals surface area contributed by atoms with Crippen molar-refractivity contribution in [1.29, 1.82) is 0 Å². The van der Waals surface area contributed by atoms with Gasteiger partial charge in [-0.05, 0) is 117 Å². The minimum Gasteiger partial charge on any atom is -0.457 e. The van der Waals surface area contributed by atoms with E-state index in [0.717, 1.165) is 55.8 Å². The molecule has 0 atom stereocenters. The topological polar surface area (TPSA) is 31.5 Å². The zero-order valence-corrected chi connectivity index (χ0v) is 32.3. The van der Waals surface area contributed by atoms with Gasteiger partial charge in [-0.15, -0.1) is 0 Å². The van der Waals surface area contributed by atoms with Gasteiger partial charge in [-0.2, -0.15) is 0 Å². The second kappa shape index (κ2) is 11.6. The maximum absolute atomic E-state index is 8.79. The van der Waals surface area contributed by atoms with Crippen LogP contribution in [0.25, 0.3) is 55.8 Å². The molecular weight excluding hydrogens is 663 g/mol. The minimum absolute atomic E-state index is 0.0619. The largest absolute Gasteiger partial charge is 0.457 e. The summed E-state index contributed by atoms with van der Waals surface area (Å²) in [6, 6.07) is 39.3. The fourth-order valence-electron chi connectivity index (χ4n) is 8.37. The van der Waals surface area contributed by atoms with Gasteiger partial charge >= 0.3 is 0 Å². The maximum atomic E-state index is 8.79. The Balaban J connectivity index is 1.36. The molecule has 3 heterocycles. The van der Waals surface area contributed by atoms with Gasteiger partial charge in [-0.1, -0.05) is 121 Å². The monoisotopic (exact) mass is 715 g/mol. The third kappa shape index (κ3) is 4.90. The molecule has 0 unspecified atom stereocenters. The normalized spacial score (nSPS) is 17.1. The first-order valence-electron chi connectivity index (χ1n) is 21.3. The van der Waals surface area contributed by atoms with Gasteiger partial charge in [0, 0.05) is 19.5 Å². The molecule has 0 saturated carbocycles. The highest BCUT2D eigenvalue weighted by molar-refractivity contribution is 6.92. The van der Waals surface area contributed by atoms with E-state index in [1.807, 2.05) is 83.4 Å². The lowest BCUT2D eigenvalue weighted by molar-refractivity contribution is 0.475. The highest BCUT2D eigenvalue weighted by Crippen LogP contribution is 2.51. The van der Waals surface area contributed by atoms with Gasteiger partial charge in [0.05, 0.1) is 30.1 Å². The number of hydrogen-bond acceptors (Lipinski definition) is 2. The van der Waals surface area contributed by atoms with Crippen molar-refractivity contribution in [2.24, 2.45) is 0 Å². The molecule has 0 N–H and O–H groups in total. The van der Waals surface area contributed by atoms with Crippen LogP contribution in [0.5, 0.6) is 11.5 Å². The van der Waals surface area contributed by atoms with E-state index in [4.69, 9.17) is 17.9 Å². The molecule has 6 aromatic carbocycles. The Morgan fingerprint density at radius 1 is 0.717 bits per heavy atom. The number of fused-ring (bicyclic) bond motifs is 7. The fraction of sp³-hybridized carbons (Fsp3) is 0.229. The molecule has 0 spiro atoms. The third-order valence-corrected chi connectivity index (χ3v) is 17.1. The van der Waals surface area contributed by atoms with Crippen LogP contribution in [0.1, 0.15) is 65.1 Å². The van der Waals surface area contributed by atoms with Gasteiger partial charge in [-0.25, -0.2) is 4.98 Å². The summed E-state index contributed by atoms with van der Waals surface area (Å²) in [5.74, 6) is 2.24. The standard InChI is InChI=1S/C48H47N3OSi/c1-30-22-24-32(44-36(47(3,4)5)26-27-37-45(44)52-42-20-14-15-21-43(42)53(8,9)48(37,6)7)28-34(30)35-29-33(25-23-31(35)2)50-40-18-12-13-19-41(40)51-39-17-11-10-16-38(39)49-46(50)51/h10-29H,1-9H3/i1D3,2D3. The fourth-order valence-corrected chi connectivity index (χ4v) is 11.2. The molecule has 4 nitrogen and oxygen atoms in total. The molecule has 0 saturated heterocycles. The highest BCUT2D eigenvalue weighted by atomic mass is 28.3. The Morgan fingerprint density at radius 3 is 2.13 bits per heavy atom. The van der Waals surface area contributed by atoms with Gasteiger partial charge in [0.25, 0.3) is 0 Å². The van der Waals surface area contributed by atoms with E-state index in [0.29, 0.717) is 22.6 Å². The Morgan fingerprint density at radius 2 is 1.38 bits per heavy atom. The summed E-state index contributed by atoms with van der Waals surface area (Å²) in [4.78, 5) is 5.05. The third-order valence-electron chi connectivity index (χ3n) is 11.9. The van der Waals surface area contributed by atoms with Crippen molar-refractivity contribution >= 4 is 41.1 Å². The molecule has 8 aromatic rings. The first kappa shape index (κ1) is 27.2. The van der Waals surface area contributed by atoms with Crippen LogP contribution < -0.4 is 9.92 Å². The lowest BCUT2D eigenvalue weighted by Gasteiger charge is -2.40. The molecule has 264 valence electrons. The van der Waals surface area contributed by atoms with E-state index in [1.165, 1.54) is 5.19 Å². The summed E-state index contributed by atoms with van der Waals surface area (Å²) in [6.45, 7) is 10.8. The van der Waals surface area contributed by atoms with E-state index in [-0.39, 0.29) is 21.6 Å². The summed E-state index contributed by atoms with van der Waals surface area (Å²) in [7, 11) is -2.21. The Labute approximate surface area is 322 Å². The molecule has 0 bridgehead atoms. The number of benzene rings is 6.